The molecule has 0 bridgehead atoms. The monoisotopic (exact) mass is 435 g/mol. The van der Waals surface area contributed by atoms with Gasteiger partial charge in [0.1, 0.15) is 0 Å². The van der Waals surface area contributed by atoms with E-state index in [1.54, 1.807) is 11.0 Å². The molecule has 0 saturated carbocycles. The lowest BCUT2D eigenvalue weighted by Crippen LogP contribution is -2.40. The van der Waals surface area contributed by atoms with Gasteiger partial charge in [-0.05, 0) is 38.0 Å². The number of carbonyl (C=O) groups is 1. The zero-order chi connectivity index (χ0) is 22.1. The molecule has 8 nitrogen and oxygen atoms in total. The summed E-state index contributed by atoms with van der Waals surface area (Å²) >= 11 is 0. The van der Waals surface area contributed by atoms with Gasteiger partial charge in [0.25, 0.3) is 5.91 Å². The van der Waals surface area contributed by atoms with E-state index < -0.39 is 15.6 Å². The topological polar surface area (TPSA) is 99.8 Å². The highest BCUT2D eigenvalue weighted by Gasteiger charge is 2.28. The van der Waals surface area contributed by atoms with Crippen LogP contribution in [-0.4, -0.2) is 67.4 Å². The van der Waals surface area contributed by atoms with E-state index in [9.17, 15) is 18.0 Å². The Kier molecular flexibility index (Phi) is 6.64. The van der Waals surface area contributed by atoms with E-state index in [-0.39, 0.29) is 41.4 Å². The molecular formula is C21H29N3O5S. The van der Waals surface area contributed by atoms with Gasteiger partial charge in [-0.2, -0.15) is 4.31 Å². The van der Waals surface area contributed by atoms with Crippen LogP contribution in [0, 0.1) is 5.92 Å². The highest BCUT2D eigenvalue weighted by atomic mass is 32.2. The highest BCUT2D eigenvalue weighted by molar-refractivity contribution is 7.89. The molecule has 0 spiro atoms. The Balaban J connectivity index is 2.12. The summed E-state index contributed by atoms with van der Waals surface area (Å²) < 4.78 is 32.8. The predicted octanol–water partition coefficient (Wildman–Crippen LogP) is 2.06. The van der Waals surface area contributed by atoms with Crippen LogP contribution in [0.5, 0.6) is 0 Å². The molecule has 1 aromatic carbocycles. The summed E-state index contributed by atoms with van der Waals surface area (Å²) in [7, 11) is -3.73. The minimum atomic E-state index is -3.73. The third kappa shape index (κ3) is 4.58. The standard InChI is InChI=1S/C21H29N3O5S/c1-14(2)13-24(15(3)4)21(26)18-12-20(25)22-19-6-5-16(11-17(18)19)30(27,28)23-7-9-29-10-8-23/h5-6,11-12,14-15H,7-10,13H2,1-4H3,(H,22,25). The highest BCUT2D eigenvalue weighted by Crippen LogP contribution is 2.25. The number of H-pyrrole nitrogens is 1. The van der Waals surface area contributed by atoms with Gasteiger partial charge in [0.05, 0.1) is 23.7 Å². The third-order valence-electron chi connectivity index (χ3n) is 5.10. The first-order valence-electron chi connectivity index (χ1n) is 10.2. The van der Waals surface area contributed by atoms with Crippen LogP contribution >= 0.6 is 0 Å². The lowest BCUT2D eigenvalue weighted by Gasteiger charge is -2.29. The van der Waals surface area contributed by atoms with Gasteiger partial charge in [-0.25, -0.2) is 8.42 Å². The third-order valence-corrected chi connectivity index (χ3v) is 6.99. The molecule has 1 saturated heterocycles. The molecule has 1 aliphatic heterocycles. The second-order valence-corrected chi connectivity index (χ2v) is 10.2. The van der Waals surface area contributed by atoms with Crippen molar-refractivity contribution in [2.75, 3.05) is 32.8 Å². The van der Waals surface area contributed by atoms with Crippen LogP contribution in [0.15, 0.2) is 34.0 Å². The molecule has 9 heteroatoms. The Morgan fingerprint density at radius 2 is 1.83 bits per heavy atom. The summed E-state index contributed by atoms with van der Waals surface area (Å²) in [6.07, 6.45) is 0. The normalized spacial score (nSPS) is 15.8. The Hall–Kier alpha value is -2.23. The quantitative estimate of drug-likeness (QED) is 0.749. The first-order valence-corrected chi connectivity index (χ1v) is 11.6. The maximum Gasteiger partial charge on any atom is 0.254 e. The minimum Gasteiger partial charge on any atom is -0.379 e. The number of nitrogens with zero attached hydrogens (tertiary/aromatic N) is 2. The average Bonchev–Trinajstić information content (AvgIpc) is 2.70. The molecule has 0 atom stereocenters. The fraction of sp³-hybridized carbons (Fsp3) is 0.524. The summed E-state index contributed by atoms with van der Waals surface area (Å²) in [4.78, 5) is 30.0. The van der Waals surface area contributed by atoms with E-state index in [0.29, 0.717) is 30.7 Å². The molecule has 1 amide bonds. The van der Waals surface area contributed by atoms with Crippen molar-refractivity contribution in [3.8, 4) is 0 Å². The summed E-state index contributed by atoms with van der Waals surface area (Å²) in [5, 5.41) is 0.420. The van der Waals surface area contributed by atoms with Crippen LogP contribution in [0.2, 0.25) is 0 Å². The number of aromatic amines is 1. The van der Waals surface area contributed by atoms with Crippen molar-refractivity contribution >= 4 is 26.8 Å². The number of hydrogen-bond acceptors (Lipinski definition) is 5. The Labute approximate surface area is 176 Å². The maximum absolute atomic E-state index is 13.3. The first-order chi connectivity index (χ1) is 14.1. The fourth-order valence-corrected chi connectivity index (χ4v) is 5.02. The van der Waals surface area contributed by atoms with Crippen molar-refractivity contribution in [2.24, 2.45) is 5.92 Å². The lowest BCUT2D eigenvalue weighted by molar-refractivity contribution is 0.0683. The number of pyridine rings is 1. The van der Waals surface area contributed by atoms with Gasteiger partial charge in [0.2, 0.25) is 15.6 Å². The van der Waals surface area contributed by atoms with Gasteiger partial charge in [-0.1, -0.05) is 13.8 Å². The van der Waals surface area contributed by atoms with E-state index >= 15 is 0 Å². The van der Waals surface area contributed by atoms with Crippen LogP contribution in [0.1, 0.15) is 38.1 Å². The fourth-order valence-electron chi connectivity index (χ4n) is 3.58. The molecule has 1 aliphatic rings. The summed E-state index contributed by atoms with van der Waals surface area (Å²) in [5.74, 6) is -0.0300. The van der Waals surface area contributed by atoms with Gasteiger partial charge in [-0.3, -0.25) is 9.59 Å². The summed E-state index contributed by atoms with van der Waals surface area (Å²) in [5.41, 5.74) is 0.241. The van der Waals surface area contributed by atoms with Gasteiger partial charge in [0.15, 0.2) is 0 Å². The van der Waals surface area contributed by atoms with Crippen LogP contribution < -0.4 is 5.56 Å². The van der Waals surface area contributed by atoms with Gasteiger partial charge in [0, 0.05) is 42.6 Å². The van der Waals surface area contributed by atoms with E-state index in [1.165, 1.54) is 22.5 Å². The van der Waals surface area contributed by atoms with Gasteiger partial charge >= 0.3 is 0 Å². The molecule has 164 valence electrons. The molecule has 2 aromatic rings. The number of carbonyl (C=O) groups excluding carboxylic acids is 1. The number of fused-ring (bicyclic) bond motifs is 1. The van der Waals surface area contributed by atoms with Crippen molar-refractivity contribution in [1.82, 2.24) is 14.2 Å². The lowest BCUT2D eigenvalue weighted by atomic mass is 10.1. The molecule has 0 radical (unpaired) electrons. The van der Waals surface area contributed by atoms with Crippen LogP contribution in [0.4, 0.5) is 0 Å². The van der Waals surface area contributed by atoms with Crippen LogP contribution in [0.25, 0.3) is 10.9 Å². The van der Waals surface area contributed by atoms with Crippen molar-refractivity contribution in [3.63, 3.8) is 0 Å². The predicted molar refractivity (Wildman–Crippen MR) is 115 cm³/mol. The molecule has 1 N–H and O–H groups in total. The van der Waals surface area contributed by atoms with Crippen molar-refractivity contribution in [2.45, 2.75) is 38.6 Å². The van der Waals surface area contributed by atoms with Gasteiger partial charge in [-0.15, -0.1) is 0 Å². The molecule has 1 fully saturated rings. The maximum atomic E-state index is 13.3. The smallest absolute Gasteiger partial charge is 0.254 e. The second kappa shape index (κ2) is 8.87. The zero-order valence-corrected chi connectivity index (χ0v) is 18.7. The average molecular weight is 436 g/mol. The van der Waals surface area contributed by atoms with E-state index in [2.05, 4.69) is 4.98 Å². The molecule has 1 aromatic heterocycles. The number of hydrogen-bond donors (Lipinski definition) is 1. The number of sulfonamides is 1. The number of aromatic nitrogens is 1. The van der Waals surface area contributed by atoms with Crippen molar-refractivity contribution in [3.05, 3.63) is 40.2 Å². The van der Waals surface area contributed by atoms with E-state index in [1.807, 2.05) is 27.7 Å². The second-order valence-electron chi connectivity index (χ2n) is 8.22. The van der Waals surface area contributed by atoms with E-state index in [0.717, 1.165) is 0 Å². The minimum absolute atomic E-state index is 0.0606. The summed E-state index contributed by atoms with van der Waals surface area (Å²) in [6.45, 7) is 9.69. The number of rotatable bonds is 6. The number of morpholine rings is 1. The number of nitrogens with one attached hydrogen (secondary N) is 1. The Morgan fingerprint density at radius 3 is 2.43 bits per heavy atom. The van der Waals surface area contributed by atoms with Crippen molar-refractivity contribution in [1.29, 1.82) is 0 Å². The molecular weight excluding hydrogens is 406 g/mol. The molecule has 0 aliphatic carbocycles. The molecule has 0 unspecified atom stereocenters. The number of ether oxygens (including phenoxy) is 1. The molecule has 3 rings (SSSR count). The van der Waals surface area contributed by atoms with Crippen LogP contribution in [-0.2, 0) is 14.8 Å². The Bertz CT molecular complexity index is 1090. The molecule has 2 heterocycles. The number of amides is 1. The zero-order valence-electron chi connectivity index (χ0n) is 17.8. The van der Waals surface area contributed by atoms with Crippen molar-refractivity contribution < 1.29 is 17.9 Å². The summed E-state index contributed by atoms with van der Waals surface area (Å²) in [6, 6.07) is 5.69. The molecule has 30 heavy (non-hydrogen) atoms. The van der Waals surface area contributed by atoms with Crippen LogP contribution in [0.3, 0.4) is 0 Å². The van der Waals surface area contributed by atoms with Gasteiger partial charge < -0.3 is 14.6 Å². The first kappa shape index (κ1) is 22.5. The largest absolute Gasteiger partial charge is 0.379 e. The number of benzene rings is 1. The SMILES string of the molecule is CC(C)CN(C(=O)c1cc(=O)[nH]c2ccc(S(=O)(=O)N3CCOCC3)cc12)C(C)C. The van der Waals surface area contributed by atoms with E-state index in [4.69, 9.17) is 4.74 Å². The Morgan fingerprint density at radius 1 is 1.17 bits per heavy atom.